The minimum Gasteiger partial charge on any atom is -0.327 e. The van der Waals surface area contributed by atoms with Gasteiger partial charge in [0.1, 0.15) is 0 Å². The number of nitrogens with one attached hydrogen (secondary N) is 2. The van der Waals surface area contributed by atoms with Crippen molar-refractivity contribution in [2.45, 2.75) is 26.3 Å². The second-order valence-electron chi connectivity index (χ2n) is 3.65. The lowest BCUT2D eigenvalue weighted by molar-refractivity contribution is -0.116. The summed E-state index contributed by atoms with van der Waals surface area (Å²) in [6, 6.07) is -0.0955. The number of rotatable bonds is 4. The summed E-state index contributed by atoms with van der Waals surface area (Å²) in [5, 5.41) is 9.03. The Morgan fingerprint density at radius 2 is 2.43 bits per heavy atom. The summed E-state index contributed by atoms with van der Waals surface area (Å²) in [5.74, 6) is 0.234. The van der Waals surface area contributed by atoms with Crippen LogP contribution in [0.3, 0.4) is 0 Å². The minimum absolute atomic E-state index is 0.0763. The van der Waals surface area contributed by atoms with Crippen LogP contribution in [0.4, 0.5) is 5.69 Å². The molecule has 14 heavy (non-hydrogen) atoms. The molecule has 0 saturated carbocycles. The van der Waals surface area contributed by atoms with Gasteiger partial charge < -0.3 is 11.1 Å². The number of aromatic nitrogens is 2. The van der Waals surface area contributed by atoms with Crippen molar-refractivity contribution < 1.29 is 4.79 Å². The van der Waals surface area contributed by atoms with Gasteiger partial charge in [-0.2, -0.15) is 5.10 Å². The standard InChI is InChI=1S/C9H16N4O/c1-6(2)8(10)3-9(14)13-7-4-11-12-5-7/h4-6,8H,3,10H2,1-2H3,(H,11,12)(H,13,14). The molecule has 0 bridgehead atoms. The number of anilines is 1. The Hall–Kier alpha value is -1.36. The minimum atomic E-state index is -0.0955. The van der Waals surface area contributed by atoms with Crippen LogP contribution < -0.4 is 11.1 Å². The summed E-state index contributed by atoms with van der Waals surface area (Å²) in [6.07, 6.45) is 3.51. The first kappa shape index (κ1) is 10.7. The molecule has 0 aliphatic carbocycles. The first-order valence-electron chi connectivity index (χ1n) is 4.64. The molecule has 0 aromatic carbocycles. The third-order valence-electron chi connectivity index (χ3n) is 2.06. The molecule has 1 aromatic rings. The molecule has 1 heterocycles. The Morgan fingerprint density at radius 3 is 2.93 bits per heavy atom. The zero-order chi connectivity index (χ0) is 10.6. The van der Waals surface area contributed by atoms with Crippen molar-refractivity contribution in [3.63, 3.8) is 0 Å². The van der Waals surface area contributed by atoms with E-state index in [1.165, 1.54) is 0 Å². The number of H-pyrrole nitrogens is 1. The topological polar surface area (TPSA) is 83.8 Å². The van der Waals surface area contributed by atoms with Crippen LogP contribution in [0, 0.1) is 5.92 Å². The molecule has 1 atom stereocenters. The van der Waals surface area contributed by atoms with E-state index >= 15 is 0 Å². The molecule has 0 spiro atoms. The first-order valence-corrected chi connectivity index (χ1v) is 4.64. The molecule has 0 aliphatic heterocycles. The maximum Gasteiger partial charge on any atom is 0.226 e. The fourth-order valence-corrected chi connectivity index (χ4v) is 0.981. The molecule has 1 rings (SSSR count). The number of nitrogens with zero attached hydrogens (tertiary/aromatic N) is 1. The maximum atomic E-state index is 11.4. The normalized spacial score (nSPS) is 12.9. The van der Waals surface area contributed by atoms with E-state index in [0.29, 0.717) is 18.0 Å². The number of carbonyl (C=O) groups excluding carboxylic acids is 1. The lowest BCUT2D eigenvalue weighted by Crippen LogP contribution is -2.31. The smallest absolute Gasteiger partial charge is 0.226 e. The number of nitrogens with two attached hydrogens (primary N) is 1. The van der Waals surface area contributed by atoms with Crippen LogP contribution in [0.1, 0.15) is 20.3 Å². The average molecular weight is 196 g/mol. The van der Waals surface area contributed by atoms with Crippen molar-refractivity contribution in [3.8, 4) is 0 Å². The predicted molar refractivity (Wildman–Crippen MR) is 54.6 cm³/mol. The molecule has 5 nitrogen and oxygen atoms in total. The molecule has 1 aromatic heterocycles. The first-order chi connectivity index (χ1) is 6.59. The van der Waals surface area contributed by atoms with Gasteiger partial charge in [-0.05, 0) is 5.92 Å². The van der Waals surface area contributed by atoms with Gasteiger partial charge in [0.15, 0.2) is 0 Å². The molecule has 0 aliphatic rings. The second-order valence-corrected chi connectivity index (χ2v) is 3.65. The van der Waals surface area contributed by atoms with Crippen molar-refractivity contribution in [1.82, 2.24) is 10.2 Å². The van der Waals surface area contributed by atoms with Crippen molar-refractivity contribution in [2.75, 3.05) is 5.32 Å². The van der Waals surface area contributed by atoms with Gasteiger partial charge in [-0.3, -0.25) is 9.89 Å². The summed E-state index contributed by atoms with van der Waals surface area (Å²) >= 11 is 0. The number of carbonyl (C=O) groups is 1. The summed E-state index contributed by atoms with van der Waals surface area (Å²) in [5.41, 5.74) is 6.43. The lowest BCUT2D eigenvalue weighted by Gasteiger charge is -2.14. The van der Waals surface area contributed by atoms with Gasteiger partial charge in [0.05, 0.1) is 11.9 Å². The number of hydrogen-bond acceptors (Lipinski definition) is 3. The maximum absolute atomic E-state index is 11.4. The molecule has 1 amide bonds. The third kappa shape index (κ3) is 3.18. The third-order valence-corrected chi connectivity index (χ3v) is 2.06. The summed E-state index contributed by atoms with van der Waals surface area (Å²) < 4.78 is 0. The van der Waals surface area contributed by atoms with E-state index in [1.54, 1.807) is 12.4 Å². The predicted octanol–water partition coefficient (Wildman–Crippen LogP) is 0.722. The van der Waals surface area contributed by atoms with Crippen LogP contribution in [0.2, 0.25) is 0 Å². The van der Waals surface area contributed by atoms with Gasteiger partial charge >= 0.3 is 0 Å². The molecule has 0 radical (unpaired) electrons. The van der Waals surface area contributed by atoms with Crippen LogP contribution in [-0.4, -0.2) is 22.1 Å². The summed E-state index contributed by atoms with van der Waals surface area (Å²) in [4.78, 5) is 11.4. The fraction of sp³-hybridized carbons (Fsp3) is 0.556. The van der Waals surface area contributed by atoms with E-state index in [1.807, 2.05) is 13.8 Å². The van der Waals surface area contributed by atoms with Gasteiger partial charge in [-0.1, -0.05) is 13.8 Å². The van der Waals surface area contributed by atoms with Crippen LogP contribution >= 0.6 is 0 Å². The highest BCUT2D eigenvalue weighted by molar-refractivity contribution is 5.90. The highest BCUT2D eigenvalue weighted by Gasteiger charge is 2.12. The van der Waals surface area contributed by atoms with Crippen LogP contribution in [-0.2, 0) is 4.79 Å². The summed E-state index contributed by atoms with van der Waals surface area (Å²) in [7, 11) is 0. The fourth-order valence-electron chi connectivity index (χ4n) is 0.981. The summed E-state index contributed by atoms with van der Waals surface area (Å²) in [6.45, 7) is 3.99. The van der Waals surface area contributed by atoms with E-state index in [9.17, 15) is 4.79 Å². The van der Waals surface area contributed by atoms with Gasteiger partial charge in [-0.15, -0.1) is 0 Å². The second kappa shape index (κ2) is 4.76. The van der Waals surface area contributed by atoms with Crippen molar-refractivity contribution in [1.29, 1.82) is 0 Å². The van der Waals surface area contributed by atoms with Gasteiger partial charge in [0, 0.05) is 18.7 Å². The molecule has 1 unspecified atom stereocenters. The monoisotopic (exact) mass is 196 g/mol. The van der Waals surface area contributed by atoms with Gasteiger partial charge in [0.25, 0.3) is 0 Å². The zero-order valence-corrected chi connectivity index (χ0v) is 8.45. The average Bonchev–Trinajstić information content (AvgIpc) is 2.56. The Bertz CT molecular complexity index is 281. The van der Waals surface area contributed by atoms with E-state index in [4.69, 9.17) is 5.73 Å². The molecule has 78 valence electrons. The van der Waals surface area contributed by atoms with E-state index in [0.717, 1.165) is 0 Å². The molecule has 4 N–H and O–H groups in total. The largest absolute Gasteiger partial charge is 0.327 e. The Kier molecular flexibility index (Phi) is 3.64. The van der Waals surface area contributed by atoms with Crippen LogP contribution in [0.25, 0.3) is 0 Å². The zero-order valence-electron chi connectivity index (χ0n) is 8.45. The van der Waals surface area contributed by atoms with E-state index < -0.39 is 0 Å². The van der Waals surface area contributed by atoms with Crippen LogP contribution in [0.5, 0.6) is 0 Å². The Balaban J connectivity index is 2.36. The van der Waals surface area contributed by atoms with Gasteiger partial charge in [-0.25, -0.2) is 0 Å². The van der Waals surface area contributed by atoms with Crippen molar-refractivity contribution in [2.24, 2.45) is 11.7 Å². The molecular formula is C9H16N4O. The van der Waals surface area contributed by atoms with E-state index in [2.05, 4.69) is 15.5 Å². The number of amides is 1. The SMILES string of the molecule is CC(C)C(N)CC(=O)Nc1cn[nH]c1. The molecular weight excluding hydrogens is 180 g/mol. The van der Waals surface area contributed by atoms with Gasteiger partial charge in [0.2, 0.25) is 5.91 Å². The highest BCUT2D eigenvalue weighted by Crippen LogP contribution is 2.06. The highest BCUT2D eigenvalue weighted by atomic mass is 16.1. The van der Waals surface area contributed by atoms with E-state index in [-0.39, 0.29) is 11.9 Å². The number of aromatic amines is 1. The molecule has 0 fully saturated rings. The lowest BCUT2D eigenvalue weighted by atomic mass is 10.0. The number of hydrogen-bond donors (Lipinski definition) is 3. The van der Waals surface area contributed by atoms with Crippen molar-refractivity contribution in [3.05, 3.63) is 12.4 Å². The quantitative estimate of drug-likeness (QED) is 0.663. The molecule has 0 saturated heterocycles. The Morgan fingerprint density at radius 1 is 1.71 bits per heavy atom. The molecule has 5 heteroatoms. The van der Waals surface area contributed by atoms with Crippen LogP contribution in [0.15, 0.2) is 12.4 Å². The Labute approximate surface area is 83.1 Å². The van der Waals surface area contributed by atoms with Crippen molar-refractivity contribution >= 4 is 11.6 Å².